The highest BCUT2D eigenvalue weighted by Crippen LogP contribution is 2.36. The van der Waals surface area contributed by atoms with Gasteiger partial charge in [0.2, 0.25) is 12.3 Å². The Morgan fingerprint density at radius 1 is 1.23 bits per heavy atom. The van der Waals surface area contributed by atoms with E-state index in [4.69, 9.17) is 9.15 Å². The molecular weight excluding hydrogens is 528 g/mol. The summed E-state index contributed by atoms with van der Waals surface area (Å²) in [4.78, 5) is 33.1. The van der Waals surface area contributed by atoms with E-state index in [-0.39, 0.29) is 18.5 Å². The summed E-state index contributed by atoms with van der Waals surface area (Å²) >= 11 is 1.55. The third-order valence-corrected chi connectivity index (χ3v) is 7.06. The van der Waals surface area contributed by atoms with E-state index < -0.39 is 17.9 Å². The van der Waals surface area contributed by atoms with Crippen molar-refractivity contribution in [1.82, 2.24) is 20.1 Å². The summed E-state index contributed by atoms with van der Waals surface area (Å²) in [7, 11) is 0. The van der Waals surface area contributed by atoms with Gasteiger partial charge in [0, 0.05) is 24.2 Å². The number of alkyl halides is 2. The molecule has 0 bridgehead atoms. The van der Waals surface area contributed by atoms with Crippen LogP contribution >= 0.6 is 11.8 Å². The molecule has 0 radical (unpaired) electrons. The SMILES string of the molecule is CSc1cc(C2CCN(C(=O)OC(C)(C)C)CC2)ccc1N(C=O)Cc1ccc(-c2nnc(C(F)F)o2)cn1. The van der Waals surface area contributed by atoms with E-state index in [1.54, 1.807) is 33.7 Å². The smallest absolute Gasteiger partial charge is 0.410 e. The fraction of sp³-hybridized carbons (Fsp3) is 0.444. The Morgan fingerprint density at radius 2 is 1.97 bits per heavy atom. The van der Waals surface area contributed by atoms with Crippen LogP contribution in [-0.4, -0.2) is 57.5 Å². The van der Waals surface area contributed by atoms with Gasteiger partial charge in [-0.1, -0.05) is 6.07 Å². The third kappa shape index (κ3) is 7.11. The van der Waals surface area contributed by atoms with Gasteiger partial charge in [0.05, 0.1) is 23.5 Å². The number of benzene rings is 1. The molecule has 0 aliphatic carbocycles. The molecule has 4 rings (SSSR count). The Bertz CT molecular complexity index is 1290. The molecule has 208 valence electrons. The lowest BCUT2D eigenvalue weighted by Gasteiger charge is -2.34. The molecular formula is C27H31F2N5O4S. The molecule has 0 atom stereocenters. The topological polar surface area (TPSA) is 102 Å². The first-order valence-electron chi connectivity index (χ1n) is 12.5. The van der Waals surface area contributed by atoms with Crippen LogP contribution in [0.3, 0.4) is 0 Å². The standard InChI is InChI=1S/C27H31F2N5O4S/c1-27(2,3)38-26(36)33-11-9-17(10-12-33)18-6-8-21(22(13-18)39-4)34(16-35)15-20-7-5-19(14-30-20)24-31-32-25(37-24)23(28)29/h5-8,13-14,16-17,23H,9-12,15H2,1-4H3. The predicted molar refractivity (Wildman–Crippen MR) is 143 cm³/mol. The molecule has 1 aromatic carbocycles. The minimum atomic E-state index is -2.85. The van der Waals surface area contributed by atoms with Gasteiger partial charge in [0.1, 0.15) is 5.60 Å². The molecule has 0 unspecified atom stereocenters. The van der Waals surface area contributed by atoms with Crippen molar-refractivity contribution in [1.29, 1.82) is 0 Å². The van der Waals surface area contributed by atoms with E-state index in [1.165, 1.54) is 11.8 Å². The van der Waals surface area contributed by atoms with E-state index >= 15 is 0 Å². The summed E-state index contributed by atoms with van der Waals surface area (Å²) in [6.45, 7) is 7.06. The average Bonchev–Trinajstić information content (AvgIpc) is 3.42. The molecule has 2 amide bonds. The number of likely N-dealkylation sites (tertiary alicyclic amines) is 1. The van der Waals surface area contributed by atoms with Crippen LogP contribution < -0.4 is 4.90 Å². The summed E-state index contributed by atoms with van der Waals surface area (Å²) in [5, 5.41) is 6.95. The van der Waals surface area contributed by atoms with Crippen LogP contribution in [0, 0.1) is 0 Å². The molecule has 1 aliphatic rings. The number of carbonyl (C=O) groups excluding carboxylic acids is 2. The van der Waals surface area contributed by atoms with Crippen molar-refractivity contribution >= 4 is 30.0 Å². The van der Waals surface area contributed by atoms with Crippen molar-refractivity contribution in [3.63, 3.8) is 0 Å². The van der Waals surface area contributed by atoms with Gasteiger partial charge in [0.15, 0.2) is 0 Å². The summed E-state index contributed by atoms with van der Waals surface area (Å²) in [5.74, 6) is -0.491. The number of halogens is 2. The van der Waals surface area contributed by atoms with Crippen molar-refractivity contribution in [3.8, 4) is 11.5 Å². The maximum atomic E-state index is 12.7. The largest absolute Gasteiger partial charge is 0.444 e. The van der Waals surface area contributed by atoms with Crippen LogP contribution in [0.5, 0.6) is 0 Å². The second kappa shape index (κ2) is 12.1. The van der Waals surface area contributed by atoms with Gasteiger partial charge in [-0.2, -0.15) is 8.78 Å². The molecule has 12 heteroatoms. The van der Waals surface area contributed by atoms with Crippen LogP contribution in [0.15, 0.2) is 45.8 Å². The number of nitrogens with zero attached hydrogens (tertiary/aromatic N) is 5. The molecule has 9 nitrogen and oxygen atoms in total. The van der Waals surface area contributed by atoms with E-state index in [0.717, 1.165) is 29.8 Å². The highest BCUT2D eigenvalue weighted by molar-refractivity contribution is 7.98. The Morgan fingerprint density at radius 3 is 2.54 bits per heavy atom. The zero-order valence-corrected chi connectivity index (χ0v) is 23.1. The molecule has 1 fully saturated rings. The highest BCUT2D eigenvalue weighted by atomic mass is 32.2. The van der Waals surface area contributed by atoms with Gasteiger partial charge in [-0.3, -0.25) is 9.78 Å². The monoisotopic (exact) mass is 559 g/mol. The van der Waals surface area contributed by atoms with Gasteiger partial charge in [-0.25, -0.2) is 4.79 Å². The third-order valence-electron chi connectivity index (χ3n) is 6.29. The second-order valence-electron chi connectivity index (χ2n) is 10.2. The lowest BCUT2D eigenvalue weighted by atomic mass is 9.89. The van der Waals surface area contributed by atoms with E-state index in [1.807, 2.05) is 39.2 Å². The molecule has 3 aromatic rings. The van der Waals surface area contributed by atoms with Gasteiger partial charge >= 0.3 is 12.5 Å². The number of pyridine rings is 1. The van der Waals surface area contributed by atoms with Crippen molar-refractivity contribution < 1.29 is 27.5 Å². The first-order chi connectivity index (χ1) is 18.6. The highest BCUT2D eigenvalue weighted by Gasteiger charge is 2.28. The molecule has 0 N–H and O–H groups in total. The number of hydrogen-bond acceptors (Lipinski definition) is 8. The number of aromatic nitrogens is 3. The molecule has 39 heavy (non-hydrogen) atoms. The van der Waals surface area contributed by atoms with Crippen LogP contribution in [0.4, 0.5) is 19.3 Å². The molecule has 2 aromatic heterocycles. The summed E-state index contributed by atoms with van der Waals surface area (Å²) in [5.41, 5.74) is 2.42. The summed E-state index contributed by atoms with van der Waals surface area (Å²) < 4.78 is 35.9. The Labute approximate surface area is 229 Å². The van der Waals surface area contributed by atoms with E-state index in [9.17, 15) is 18.4 Å². The lowest BCUT2D eigenvalue weighted by Crippen LogP contribution is -2.41. The molecule has 1 aliphatic heterocycles. The first-order valence-corrected chi connectivity index (χ1v) is 13.7. The fourth-order valence-corrected chi connectivity index (χ4v) is 4.99. The molecule has 1 saturated heterocycles. The number of rotatable bonds is 8. The van der Waals surface area contributed by atoms with Crippen molar-refractivity contribution in [2.24, 2.45) is 0 Å². The lowest BCUT2D eigenvalue weighted by molar-refractivity contribution is -0.107. The Kier molecular flexibility index (Phi) is 8.83. The quantitative estimate of drug-likeness (QED) is 0.242. The summed E-state index contributed by atoms with van der Waals surface area (Å²) in [6, 6.07) is 9.40. The Hall–Kier alpha value is -3.54. The number of thioether (sulfide) groups is 1. The molecule has 0 saturated carbocycles. The van der Waals surface area contributed by atoms with E-state index in [0.29, 0.717) is 30.3 Å². The van der Waals surface area contributed by atoms with Gasteiger partial charge in [-0.15, -0.1) is 22.0 Å². The van der Waals surface area contributed by atoms with Gasteiger partial charge < -0.3 is 19.0 Å². The predicted octanol–water partition coefficient (Wildman–Crippen LogP) is 6.07. The van der Waals surface area contributed by atoms with Gasteiger partial charge in [-0.05, 0) is 75.6 Å². The van der Waals surface area contributed by atoms with Crippen molar-refractivity contribution in [2.75, 3.05) is 24.2 Å². The number of hydrogen-bond donors (Lipinski definition) is 0. The zero-order chi connectivity index (χ0) is 28.2. The fourth-order valence-electron chi connectivity index (χ4n) is 4.34. The molecule has 0 spiro atoms. The zero-order valence-electron chi connectivity index (χ0n) is 22.3. The average molecular weight is 560 g/mol. The number of anilines is 1. The Balaban J connectivity index is 1.42. The number of amides is 2. The number of ether oxygens (including phenoxy) is 1. The van der Waals surface area contributed by atoms with Crippen LogP contribution in [0.2, 0.25) is 0 Å². The molecule has 3 heterocycles. The maximum Gasteiger partial charge on any atom is 0.410 e. The normalized spacial score (nSPS) is 14.5. The number of piperidine rings is 1. The first kappa shape index (κ1) is 28.5. The van der Waals surface area contributed by atoms with E-state index in [2.05, 4.69) is 21.2 Å². The van der Waals surface area contributed by atoms with Crippen LogP contribution in [-0.2, 0) is 16.1 Å². The van der Waals surface area contributed by atoms with Gasteiger partial charge in [0.25, 0.3) is 5.89 Å². The van der Waals surface area contributed by atoms with Crippen molar-refractivity contribution in [3.05, 3.63) is 53.7 Å². The van der Waals surface area contributed by atoms with Crippen LogP contribution in [0.25, 0.3) is 11.5 Å². The maximum absolute atomic E-state index is 12.7. The summed E-state index contributed by atoms with van der Waals surface area (Å²) in [6.07, 6.45) is 2.71. The second-order valence-corrected chi connectivity index (χ2v) is 11.0. The van der Waals surface area contributed by atoms with Crippen LogP contribution in [0.1, 0.15) is 63.1 Å². The van der Waals surface area contributed by atoms with Crippen molar-refractivity contribution in [2.45, 2.75) is 63.0 Å². The number of carbonyl (C=O) groups is 2. The minimum absolute atomic E-state index is 0.0474. The minimum Gasteiger partial charge on any atom is -0.444 e.